The molecule has 0 aliphatic carbocycles. The molecule has 1 aliphatic heterocycles. The van der Waals surface area contributed by atoms with Crippen LogP contribution in [0.15, 0.2) is 42.7 Å². The maximum Gasteiger partial charge on any atom is 0.323 e. The molecule has 2 amide bonds. The molecule has 3 N–H and O–H groups in total. The van der Waals surface area contributed by atoms with E-state index < -0.39 is 5.82 Å². The van der Waals surface area contributed by atoms with Crippen LogP contribution < -0.4 is 11.1 Å². The fourth-order valence-electron chi connectivity index (χ4n) is 3.38. The van der Waals surface area contributed by atoms with Crippen molar-refractivity contribution in [2.45, 2.75) is 13.3 Å². The first kappa shape index (κ1) is 19.7. The van der Waals surface area contributed by atoms with E-state index in [1.807, 2.05) is 0 Å². The molecular weight excluding hydrogens is 390 g/mol. The molecule has 0 spiro atoms. The van der Waals surface area contributed by atoms with Gasteiger partial charge in [-0.1, -0.05) is 0 Å². The molecule has 1 fully saturated rings. The van der Waals surface area contributed by atoms with E-state index in [1.165, 1.54) is 12.1 Å². The Bertz CT molecular complexity index is 1080. The van der Waals surface area contributed by atoms with E-state index >= 15 is 0 Å². The zero-order valence-corrected chi connectivity index (χ0v) is 16.3. The number of pyridine rings is 1. The molecule has 1 aromatic carbocycles. The number of urea groups is 1. The molecule has 0 bridgehead atoms. The molecule has 0 radical (unpaired) electrons. The summed E-state index contributed by atoms with van der Waals surface area (Å²) < 4.78 is 26.3. The van der Waals surface area contributed by atoms with Gasteiger partial charge in [0.25, 0.3) is 0 Å². The summed E-state index contributed by atoms with van der Waals surface area (Å²) in [6.07, 6.45) is 2.84. The number of halogens is 2. The Morgan fingerprint density at radius 3 is 2.60 bits per heavy atom. The van der Waals surface area contributed by atoms with E-state index in [-0.39, 0.29) is 23.6 Å². The van der Waals surface area contributed by atoms with Gasteiger partial charge in [0.05, 0.1) is 23.8 Å². The number of nitrogens with one attached hydrogen (secondary N) is 1. The number of hydrogen-bond donors (Lipinski definition) is 2. The summed E-state index contributed by atoms with van der Waals surface area (Å²) >= 11 is 0. The number of aryl methyl sites for hydroxylation is 1. The van der Waals surface area contributed by atoms with Gasteiger partial charge < -0.3 is 10.6 Å². The molecule has 9 heteroatoms. The van der Waals surface area contributed by atoms with Crippen molar-refractivity contribution in [2.24, 2.45) is 5.92 Å². The lowest BCUT2D eigenvalue weighted by atomic mass is 9.96. The van der Waals surface area contributed by atoms with Crippen molar-refractivity contribution in [3.05, 3.63) is 65.7 Å². The number of anilines is 2. The van der Waals surface area contributed by atoms with Crippen molar-refractivity contribution in [3.63, 3.8) is 0 Å². The normalized spacial score (nSPS) is 13.8. The highest BCUT2D eigenvalue weighted by atomic mass is 19.1. The van der Waals surface area contributed by atoms with Crippen LogP contribution in [0.3, 0.4) is 0 Å². The molecule has 154 valence electrons. The fraction of sp³-hybridized carbons (Fsp3) is 0.238. The van der Waals surface area contributed by atoms with Crippen LogP contribution in [0.25, 0.3) is 11.3 Å². The highest BCUT2D eigenvalue weighted by molar-refractivity contribution is 5.92. The summed E-state index contributed by atoms with van der Waals surface area (Å²) in [4.78, 5) is 26.5. The third kappa shape index (κ3) is 4.19. The van der Waals surface area contributed by atoms with Crippen LogP contribution in [0, 0.1) is 24.5 Å². The molecule has 4 rings (SSSR count). The third-order valence-electron chi connectivity index (χ3n) is 5.01. The van der Waals surface area contributed by atoms with E-state index in [2.05, 4.69) is 20.3 Å². The van der Waals surface area contributed by atoms with Crippen LogP contribution in [-0.4, -0.2) is 39.0 Å². The van der Waals surface area contributed by atoms with Crippen molar-refractivity contribution in [3.8, 4) is 11.3 Å². The second-order valence-corrected chi connectivity index (χ2v) is 7.32. The van der Waals surface area contributed by atoms with Gasteiger partial charge in [-0.25, -0.2) is 28.5 Å². The Labute approximate surface area is 172 Å². The van der Waals surface area contributed by atoms with Crippen molar-refractivity contribution < 1.29 is 13.6 Å². The van der Waals surface area contributed by atoms with Crippen LogP contribution in [0.2, 0.25) is 0 Å². The average Bonchev–Trinajstić information content (AvgIpc) is 2.67. The Hall–Kier alpha value is -3.62. The molecule has 0 saturated carbocycles. The number of hydrogen-bond acceptors (Lipinski definition) is 5. The van der Waals surface area contributed by atoms with Gasteiger partial charge in [0, 0.05) is 31.0 Å². The molecule has 1 saturated heterocycles. The lowest BCUT2D eigenvalue weighted by Gasteiger charge is -2.38. The van der Waals surface area contributed by atoms with E-state index in [1.54, 1.807) is 30.0 Å². The van der Waals surface area contributed by atoms with Crippen LogP contribution in [0.5, 0.6) is 0 Å². The first-order valence-electron chi connectivity index (χ1n) is 9.44. The second kappa shape index (κ2) is 8.02. The predicted octanol–water partition coefficient (Wildman–Crippen LogP) is 3.41. The monoisotopic (exact) mass is 410 g/mol. The minimum atomic E-state index is -0.475. The lowest BCUT2D eigenvalue weighted by Crippen LogP contribution is -2.52. The Morgan fingerprint density at radius 1 is 1.17 bits per heavy atom. The minimum absolute atomic E-state index is 0.208. The molecule has 0 atom stereocenters. The highest BCUT2D eigenvalue weighted by Gasteiger charge is 2.31. The predicted molar refractivity (Wildman–Crippen MR) is 109 cm³/mol. The van der Waals surface area contributed by atoms with Crippen molar-refractivity contribution in [1.29, 1.82) is 0 Å². The van der Waals surface area contributed by atoms with Crippen LogP contribution >= 0.6 is 0 Å². The molecule has 0 unspecified atom stereocenters. The summed E-state index contributed by atoms with van der Waals surface area (Å²) in [5.74, 6) is 0.219. The van der Waals surface area contributed by atoms with E-state index in [0.29, 0.717) is 36.7 Å². The number of likely N-dealkylation sites (tertiary alicyclic amines) is 1. The highest BCUT2D eigenvalue weighted by Crippen LogP contribution is 2.27. The molecular formula is C21H20F2N6O. The minimum Gasteiger partial charge on any atom is -0.396 e. The van der Waals surface area contributed by atoms with Crippen LogP contribution in [0.1, 0.15) is 11.4 Å². The van der Waals surface area contributed by atoms with Gasteiger partial charge >= 0.3 is 6.03 Å². The first-order valence-corrected chi connectivity index (χ1v) is 9.44. The smallest absolute Gasteiger partial charge is 0.323 e. The standard InChI is InChI=1S/C21H20F2N6O/c1-12-6-14(22)2-3-16(12)18-5-4-17(24)20(27-18)28-21(30)29-10-13(11-29)7-19-25-8-15(23)9-26-19/h2-6,8-9,13H,7,10-11,24H2,1H3,(H,27,28,30). The maximum atomic E-state index is 13.4. The average molecular weight is 410 g/mol. The van der Waals surface area contributed by atoms with E-state index in [0.717, 1.165) is 23.5 Å². The summed E-state index contributed by atoms with van der Waals surface area (Å²) in [5.41, 5.74) is 8.40. The molecule has 3 aromatic rings. The first-order chi connectivity index (χ1) is 14.4. The molecule has 3 heterocycles. The summed E-state index contributed by atoms with van der Waals surface area (Å²) in [6, 6.07) is 7.52. The fourth-order valence-corrected chi connectivity index (χ4v) is 3.38. The number of amides is 2. The van der Waals surface area contributed by atoms with E-state index in [9.17, 15) is 13.6 Å². The number of benzene rings is 1. The Balaban J connectivity index is 1.39. The van der Waals surface area contributed by atoms with Gasteiger partial charge in [-0.2, -0.15) is 0 Å². The number of carbonyl (C=O) groups is 1. The zero-order valence-electron chi connectivity index (χ0n) is 16.3. The number of aromatic nitrogens is 3. The zero-order chi connectivity index (χ0) is 21.3. The number of carbonyl (C=O) groups excluding carboxylic acids is 1. The number of nitrogens with two attached hydrogens (primary N) is 1. The van der Waals surface area contributed by atoms with Gasteiger partial charge in [-0.15, -0.1) is 0 Å². The van der Waals surface area contributed by atoms with Crippen LogP contribution in [-0.2, 0) is 6.42 Å². The largest absolute Gasteiger partial charge is 0.396 e. The lowest BCUT2D eigenvalue weighted by molar-refractivity contribution is 0.129. The Kier molecular flexibility index (Phi) is 5.26. The van der Waals surface area contributed by atoms with Gasteiger partial charge in [0.15, 0.2) is 11.6 Å². The van der Waals surface area contributed by atoms with Crippen LogP contribution in [0.4, 0.5) is 25.1 Å². The topological polar surface area (TPSA) is 97.0 Å². The number of nitrogens with zero attached hydrogens (tertiary/aromatic N) is 4. The maximum absolute atomic E-state index is 13.4. The molecule has 2 aromatic heterocycles. The third-order valence-corrected chi connectivity index (χ3v) is 5.01. The summed E-state index contributed by atoms with van der Waals surface area (Å²) in [5, 5.41) is 2.74. The summed E-state index contributed by atoms with van der Waals surface area (Å²) in [7, 11) is 0. The van der Waals surface area contributed by atoms with Crippen molar-refractivity contribution in [1.82, 2.24) is 19.9 Å². The quantitative estimate of drug-likeness (QED) is 0.687. The molecule has 30 heavy (non-hydrogen) atoms. The van der Waals surface area contributed by atoms with Gasteiger partial charge in [-0.3, -0.25) is 5.32 Å². The van der Waals surface area contributed by atoms with E-state index in [4.69, 9.17) is 5.73 Å². The summed E-state index contributed by atoms with van der Waals surface area (Å²) in [6.45, 7) is 2.85. The van der Waals surface area contributed by atoms with Gasteiger partial charge in [-0.05, 0) is 42.8 Å². The number of rotatable bonds is 4. The molecule has 7 nitrogen and oxygen atoms in total. The van der Waals surface area contributed by atoms with Gasteiger partial charge in [0.2, 0.25) is 0 Å². The number of nitrogen functional groups attached to an aromatic ring is 1. The van der Waals surface area contributed by atoms with Gasteiger partial charge in [0.1, 0.15) is 11.6 Å². The Morgan fingerprint density at radius 2 is 1.90 bits per heavy atom. The SMILES string of the molecule is Cc1cc(F)ccc1-c1ccc(N)c(NC(=O)N2CC(Cc3ncc(F)cn3)C2)n1. The molecule has 1 aliphatic rings. The second-order valence-electron chi connectivity index (χ2n) is 7.32. The van der Waals surface area contributed by atoms with Crippen molar-refractivity contribution >= 4 is 17.5 Å². The van der Waals surface area contributed by atoms with Crippen molar-refractivity contribution in [2.75, 3.05) is 24.1 Å².